The summed E-state index contributed by atoms with van der Waals surface area (Å²) in [5, 5.41) is 8.80. The summed E-state index contributed by atoms with van der Waals surface area (Å²) >= 11 is 0. The fraction of sp³-hybridized carbons (Fsp3) is 0.462. The Morgan fingerprint density at radius 3 is 2.68 bits per heavy atom. The molecule has 2 rings (SSSR count). The molecule has 0 spiro atoms. The Balaban J connectivity index is 2.10. The van der Waals surface area contributed by atoms with Gasteiger partial charge in [-0.05, 0) is 37.0 Å². The molecule has 0 unspecified atom stereocenters. The predicted molar refractivity (Wildman–Crippen MR) is 73.7 cm³/mol. The number of nitriles is 1. The van der Waals surface area contributed by atoms with E-state index in [0.717, 1.165) is 12.8 Å². The van der Waals surface area contributed by atoms with Crippen molar-refractivity contribution < 1.29 is 8.42 Å². The van der Waals surface area contributed by atoms with Crippen LogP contribution in [-0.2, 0) is 10.2 Å². The second-order valence-electron chi connectivity index (χ2n) is 4.88. The molecule has 1 aliphatic heterocycles. The second-order valence-corrected chi connectivity index (χ2v) is 6.55. The predicted octanol–water partition coefficient (Wildman–Crippen LogP) is 1.95. The van der Waals surface area contributed by atoms with Crippen molar-refractivity contribution in [3.63, 3.8) is 0 Å². The van der Waals surface area contributed by atoms with Crippen LogP contribution in [0.15, 0.2) is 24.3 Å². The van der Waals surface area contributed by atoms with Crippen LogP contribution in [0.25, 0.3) is 0 Å². The quantitative estimate of drug-likeness (QED) is 0.919. The fourth-order valence-corrected chi connectivity index (χ4v) is 3.34. The summed E-state index contributed by atoms with van der Waals surface area (Å²) in [5.74, 6) is 0.577. The highest BCUT2D eigenvalue weighted by atomic mass is 32.2. The van der Waals surface area contributed by atoms with Crippen molar-refractivity contribution in [2.75, 3.05) is 17.8 Å². The number of anilines is 1. The van der Waals surface area contributed by atoms with Gasteiger partial charge in [-0.25, -0.2) is 0 Å². The average Bonchev–Trinajstić information content (AvgIpc) is 2.39. The number of rotatable bonds is 3. The molecular formula is C13H17N3O2S. The third-order valence-electron chi connectivity index (χ3n) is 3.32. The Labute approximate surface area is 114 Å². The van der Waals surface area contributed by atoms with E-state index in [1.165, 1.54) is 10.4 Å². The van der Waals surface area contributed by atoms with Crippen molar-refractivity contribution in [1.82, 2.24) is 4.31 Å². The van der Waals surface area contributed by atoms with Crippen LogP contribution in [0.3, 0.4) is 0 Å². The van der Waals surface area contributed by atoms with Crippen molar-refractivity contribution >= 4 is 15.9 Å². The minimum Gasteiger partial charge on any atom is -0.271 e. The molecule has 1 N–H and O–H groups in total. The van der Waals surface area contributed by atoms with E-state index in [9.17, 15) is 8.42 Å². The number of hydrogen-bond acceptors (Lipinski definition) is 3. The fourth-order valence-electron chi connectivity index (χ4n) is 2.09. The summed E-state index contributed by atoms with van der Waals surface area (Å²) in [7, 11) is -3.51. The standard InChI is InChI=1S/C13H17N3O2S/c1-11-5-7-16(8-6-11)19(17,18)15-13-4-2-3-12(9-13)10-14/h2-4,9,11,15H,5-8H2,1H3. The van der Waals surface area contributed by atoms with Crippen LogP contribution in [-0.4, -0.2) is 25.8 Å². The second kappa shape index (κ2) is 5.59. The number of piperidine rings is 1. The van der Waals surface area contributed by atoms with E-state index >= 15 is 0 Å². The topological polar surface area (TPSA) is 73.2 Å². The highest BCUT2D eigenvalue weighted by molar-refractivity contribution is 7.90. The molecule has 19 heavy (non-hydrogen) atoms. The van der Waals surface area contributed by atoms with Crippen LogP contribution < -0.4 is 4.72 Å². The van der Waals surface area contributed by atoms with Gasteiger partial charge in [-0.15, -0.1) is 0 Å². The molecule has 0 aliphatic carbocycles. The summed E-state index contributed by atoms with van der Waals surface area (Å²) in [6.07, 6.45) is 1.78. The summed E-state index contributed by atoms with van der Waals surface area (Å²) < 4.78 is 28.4. The van der Waals surface area contributed by atoms with Crippen molar-refractivity contribution in [3.8, 4) is 6.07 Å². The van der Waals surface area contributed by atoms with Crippen molar-refractivity contribution in [2.45, 2.75) is 19.8 Å². The lowest BCUT2D eigenvalue weighted by Crippen LogP contribution is -2.41. The van der Waals surface area contributed by atoms with Gasteiger partial charge in [-0.2, -0.15) is 18.0 Å². The van der Waals surface area contributed by atoms with Crippen LogP contribution in [0.1, 0.15) is 25.3 Å². The van der Waals surface area contributed by atoms with E-state index in [-0.39, 0.29) is 0 Å². The molecule has 1 aromatic carbocycles. The van der Waals surface area contributed by atoms with Gasteiger partial charge >= 0.3 is 10.2 Å². The van der Waals surface area contributed by atoms with Gasteiger partial charge in [0.15, 0.2) is 0 Å². The zero-order chi connectivity index (χ0) is 13.9. The molecule has 0 bridgehead atoms. The third kappa shape index (κ3) is 3.46. The highest BCUT2D eigenvalue weighted by Gasteiger charge is 2.26. The maximum absolute atomic E-state index is 12.2. The minimum atomic E-state index is -3.51. The molecule has 5 nitrogen and oxygen atoms in total. The van der Waals surface area contributed by atoms with E-state index in [1.54, 1.807) is 18.2 Å². The first kappa shape index (κ1) is 13.8. The lowest BCUT2D eigenvalue weighted by molar-refractivity contribution is 0.289. The first-order valence-corrected chi connectivity index (χ1v) is 7.73. The summed E-state index contributed by atoms with van der Waals surface area (Å²) in [5.41, 5.74) is 0.866. The monoisotopic (exact) mass is 279 g/mol. The number of nitrogens with zero attached hydrogens (tertiary/aromatic N) is 2. The van der Waals surface area contributed by atoms with Crippen molar-refractivity contribution in [3.05, 3.63) is 29.8 Å². The number of hydrogen-bond donors (Lipinski definition) is 1. The average molecular weight is 279 g/mol. The van der Waals surface area contributed by atoms with E-state index < -0.39 is 10.2 Å². The van der Waals surface area contributed by atoms with E-state index in [2.05, 4.69) is 11.6 Å². The Kier molecular flexibility index (Phi) is 4.08. The highest BCUT2D eigenvalue weighted by Crippen LogP contribution is 2.20. The van der Waals surface area contributed by atoms with Crippen LogP contribution in [0.5, 0.6) is 0 Å². The molecule has 0 amide bonds. The molecule has 1 heterocycles. The molecule has 1 saturated heterocycles. The Morgan fingerprint density at radius 2 is 2.05 bits per heavy atom. The number of nitrogens with one attached hydrogen (secondary N) is 1. The minimum absolute atomic E-state index is 0.428. The lowest BCUT2D eigenvalue weighted by atomic mass is 10.0. The molecule has 0 saturated carbocycles. The Hall–Kier alpha value is -1.58. The molecule has 6 heteroatoms. The van der Waals surface area contributed by atoms with Gasteiger partial charge in [0.05, 0.1) is 17.3 Å². The lowest BCUT2D eigenvalue weighted by Gasteiger charge is -2.29. The normalized spacial score (nSPS) is 17.9. The summed E-state index contributed by atoms with van der Waals surface area (Å²) in [4.78, 5) is 0. The smallest absolute Gasteiger partial charge is 0.271 e. The molecule has 0 aromatic heterocycles. The van der Waals surface area contributed by atoms with Gasteiger partial charge in [-0.1, -0.05) is 13.0 Å². The van der Waals surface area contributed by atoms with E-state index in [1.807, 2.05) is 6.07 Å². The van der Waals surface area contributed by atoms with Crippen molar-refractivity contribution in [1.29, 1.82) is 5.26 Å². The number of benzene rings is 1. The Bertz CT molecular complexity index is 584. The molecule has 102 valence electrons. The van der Waals surface area contributed by atoms with Gasteiger partial charge in [-0.3, -0.25) is 4.72 Å². The zero-order valence-electron chi connectivity index (χ0n) is 10.8. The maximum Gasteiger partial charge on any atom is 0.301 e. The van der Waals surface area contributed by atoms with Crippen molar-refractivity contribution in [2.24, 2.45) is 5.92 Å². The van der Waals surface area contributed by atoms with Crippen LogP contribution >= 0.6 is 0 Å². The zero-order valence-corrected chi connectivity index (χ0v) is 11.7. The molecule has 1 aliphatic rings. The first-order chi connectivity index (χ1) is 9.01. The Morgan fingerprint density at radius 1 is 1.37 bits per heavy atom. The third-order valence-corrected chi connectivity index (χ3v) is 4.86. The summed E-state index contributed by atoms with van der Waals surface area (Å²) in [6.45, 7) is 3.23. The SMILES string of the molecule is CC1CCN(S(=O)(=O)Nc2cccc(C#N)c2)CC1. The molecule has 1 aromatic rings. The van der Waals surface area contributed by atoms with Crippen LogP contribution in [0.4, 0.5) is 5.69 Å². The van der Waals surface area contributed by atoms with E-state index in [4.69, 9.17) is 5.26 Å². The van der Waals surface area contributed by atoms with Gasteiger partial charge in [0.1, 0.15) is 0 Å². The maximum atomic E-state index is 12.2. The molecule has 1 fully saturated rings. The molecule has 0 radical (unpaired) electrons. The van der Waals surface area contributed by atoms with Gasteiger partial charge in [0.2, 0.25) is 0 Å². The van der Waals surface area contributed by atoms with E-state index in [0.29, 0.717) is 30.3 Å². The molecular weight excluding hydrogens is 262 g/mol. The van der Waals surface area contributed by atoms with Gasteiger partial charge in [0.25, 0.3) is 0 Å². The van der Waals surface area contributed by atoms with Gasteiger partial charge in [0, 0.05) is 13.1 Å². The van der Waals surface area contributed by atoms with Crippen LogP contribution in [0.2, 0.25) is 0 Å². The summed E-state index contributed by atoms with van der Waals surface area (Å²) in [6, 6.07) is 8.47. The largest absolute Gasteiger partial charge is 0.301 e. The van der Waals surface area contributed by atoms with Gasteiger partial charge < -0.3 is 0 Å². The first-order valence-electron chi connectivity index (χ1n) is 6.29. The molecule has 0 atom stereocenters. The van der Waals surface area contributed by atoms with Crippen LogP contribution in [0, 0.1) is 17.2 Å².